The monoisotopic (exact) mass is 506 g/mol. The van der Waals surface area contributed by atoms with Crippen molar-refractivity contribution in [2.75, 3.05) is 6.61 Å². The van der Waals surface area contributed by atoms with Crippen LogP contribution in [0.1, 0.15) is 23.6 Å². The highest BCUT2D eigenvalue weighted by molar-refractivity contribution is 5.82. The van der Waals surface area contributed by atoms with E-state index >= 15 is 0 Å². The minimum absolute atomic E-state index is 0.0516. The van der Waals surface area contributed by atoms with E-state index in [1.807, 2.05) is 12.1 Å². The van der Waals surface area contributed by atoms with Crippen molar-refractivity contribution in [2.24, 2.45) is 0 Å². The highest BCUT2D eigenvalue weighted by Crippen LogP contribution is 2.19. The van der Waals surface area contributed by atoms with Crippen LogP contribution in [-0.2, 0) is 38.5 Å². The normalized spacial score (nSPS) is 12.2. The van der Waals surface area contributed by atoms with Gasteiger partial charge in [-0.3, -0.25) is 4.79 Å². The number of hydrogen-bond donors (Lipinski definition) is 3. The summed E-state index contributed by atoms with van der Waals surface area (Å²) in [5.41, 5.74) is 4.48. The Hall–Kier alpha value is -4.37. The Labute approximate surface area is 215 Å². The molecule has 0 saturated heterocycles. The van der Waals surface area contributed by atoms with E-state index < -0.39 is 30.1 Å². The molecule has 0 fully saturated rings. The number of rotatable bonds is 12. The number of esters is 1. The van der Waals surface area contributed by atoms with Crippen LogP contribution in [0.3, 0.4) is 0 Å². The summed E-state index contributed by atoms with van der Waals surface area (Å²) in [6.07, 6.45) is -1.05. The minimum atomic E-state index is -1.37. The average molecular weight is 507 g/mol. The molecule has 0 aromatic heterocycles. The molecule has 3 aromatic carbocycles. The minimum Gasteiger partial charge on any atom is -0.508 e. The van der Waals surface area contributed by atoms with Crippen molar-refractivity contribution in [1.29, 1.82) is 0 Å². The Morgan fingerprint density at radius 2 is 1.43 bits per heavy atom. The van der Waals surface area contributed by atoms with Crippen LogP contribution in [0.15, 0.2) is 84.9 Å². The van der Waals surface area contributed by atoms with Crippen molar-refractivity contribution in [1.82, 2.24) is 10.4 Å². The summed E-state index contributed by atoms with van der Waals surface area (Å²) < 4.78 is 10.7. The molecular formula is C28H30N2O7. The van der Waals surface area contributed by atoms with E-state index in [4.69, 9.17) is 9.47 Å². The third-order valence-corrected chi connectivity index (χ3v) is 5.55. The number of amides is 1. The summed E-state index contributed by atoms with van der Waals surface area (Å²) in [5.74, 6) is -2.09. The van der Waals surface area contributed by atoms with E-state index in [-0.39, 0.29) is 31.8 Å². The maximum atomic E-state index is 13.3. The summed E-state index contributed by atoms with van der Waals surface area (Å²) in [6.45, 7) is 1.62. The third-order valence-electron chi connectivity index (χ3n) is 5.55. The van der Waals surface area contributed by atoms with E-state index in [1.165, 1.54) is 6.07 Å². The number of ether oxygens (including phenoxy) is 2. The molecule has 0 saturated carbocycles. The molecule has 2 atom stereocenters. The lowest BCUT2D eigenvalue weighted by Gasteiger charge is -2.32. The second-order valence-corrected chi connectivity index (χ2v) is 8.22. The van der Waals surface area contributed by atoms with Gasteiger partial charge in [0.25, 0.3) is 0 Å². The van der Waals surface area contributed by atoms with Gasteiger partial charge < -0.3 is 19.7 Å². The van der Waals surface area contributed by atoms with E-state index in [1.54, 1.807) is 73.7 Å². The zero-order valence-corrected chi connectivity index (χ0v) is 20.4. The van der Waals surface area contributed by atoms with E-state index in [2.05, 4.69) is 5.43 Å². The van der Waals surface area contributed by atoms with Crippen LogP contribution >= 0.6 is 0 Å². The first-order valence-electron chi connectivity index (χ1n) is 11.8. The highest BCUT2D eigenvalue weighted by atomic mass is 16.6. The quantitative estimate of drug-likeness (QED) is 0.251. The van der Waals surface area contributed by atoms with Crippen LogP contribution in [0.2, 0.25) is 0 Å². The Bertz CT molecular complexity index is 1170. The first kappa shape index (κ1) is 27.2. The van der Waals surface area contributed by atoms with Crippen molar-refractivity contribution < 1.29 is 34.1 Å². The molecule has 0 unspecified atom stereocenters. The molecule has 3 aromatic rings. The van der Waals surface area contributed by atoms with E-state index in [0.29, 0.717) is 5.56 Å². The van der Waals surface area contributed by atoms with Gasteiger partial charge in [0.1, 0.15) is 18.4 Å². The third kappa shape index (κ3) is 8.08. The molecule has 0 radical (unpaired) electrons. The van der Waals surface area contributed by atoms with Crippen LogP contribution in [-0.4, -0.2) is 51.9 Å². The number of carboxylic acid groups (broad SMARTS) is 1. The van der Waals surface area contributed by atoms with Gasteiger partial charge in [0, 0.05) is 12.8 Å². The van der Waals surface area contributed by atoms with Crippen molar-refractivity contribution >= 4 is 18.0 Å². The number of carbonyl (C=O) groups is 3. The number of nitrogens with one attached hydrogen (secondary N) is 1. The van der Waals surface area contributed by atoms with Gasteiger partial charge in [-0.2, -0.15) is 0 Å². The Morgan fingerprint density at radius 1 is 0.838 bits per heavy atom. The maximum absolute atomic E-state index is 13.3. The zero-order chi connectivity index (χ0) is 26.6. The van der Waals surface area contributed by atoms with Crippen LogP contribution in [0, 0.1) is 0 Å². The fraction of sp³-hybridized carbons (Fsp3) is 0.250. The maximum Gasteiger partial charge on any atom is 0.425 e. The molecule has 3 rings (SSSR count). The number of phenolic OH excluding ortho intramolecular Hbond substituents is 1. The summed E-state index contributed by atoms with van der Waals surface area (Å²) in [7, 11) is 0. The molecule has 0 heterocycles. The predicted octanol–water partition coefficient (Wildman–Crippen LogP) is 3.71. The average Bonchev–Trinajstić information content (AvgIpc) is 2.90. The van der Waals surface area contributed by atoms with Gasteiger partial charge in [-0.15, -0.1) is 0 Å². The lowest BCUT2D eigenvalue weighted by molar-refractivity contribution is -0.152. The molecule has 0 aliphatic rings. The molecule has 37 heavy (non-hydrogen) atoms. The predicted molar refractivity (Wildman–Crippen MR) is 135 cm³/mol. The molecule has 9 heteroatoms. The smallest absolute Gasteiger partial charge is 0.425 e. The van der Waals surface area contributed by atoms with Gasteiger partial charge in [-0.05, 0) is 29.7 Å². The van der Waals surface area contributed by atoms with Crippen molar-refractivity contribution in [3.8, 4) is 5.75 Å². The standard InChI is InChI=1S/C28H30N2O7/c1-2-36-27(34)24(17-20-11-5-3-6-12-20)30(28(35)37-19-21-13-7-4-8-14-21)29-23(26(32)33)18-22-15-9-10-16-25(22)31/h3-16,23-24,29,31H,2,17-19H2,1H3,(H,32,33)/t23-,24-/m0/s1. The van der Waals surface area contributed by atoms with Gasteiger partial charge in [0.05, 0.1) is 6.61 Å². The molecule has 0 spiro atoms. The lowest BCUT2D eigenvalue weighted by Crippen LogP contribution is -2.59. The second kappa shape index (κ2) is 13.6. The van der Waals surface area contributed by atoms with Crippen molar-refractivity contribution in [3.63, 3.8) is 0 Å². The van der Waals surface area contributed by atoms with Gasteiger partial charge in [0.15, 0.2) is 6.04 Å². The van der Waals surface area contributed by atoms with Crippen molar-refractivity contribution in [3.05, 3.63) is 102 Å². The summed E-state index contributed by atoms with van der Waals surface area (Å²) in [6, 6.07) is 21.7. The largest absolute Gasteiger partial charge is 0.508 e. The van der Waals surface area contributed by atoms with Crippen LogP contribution < -0.4 is 5.43 Å². The molecule has 194 valence electrons. The summed E-state index contributed by atoms with van der Waals surface area (Å²) >= 11 is 0. The molecule has 9 nitrogen and oxygen atoms in total. The van der Waals surface area contributed by atoms with Gasteiger partial charge in [-0.25, -0.2) is 20.0 Å². The number of benzene rings is 3. The number of carbonyl (C=O) groups excluding carboxylic acids is 2. The first-order valence-corrected chi connectivity index (χ1v) is 11.8. The van der Waals surface area contributed by atoms with Crippen LogP contribution in [0.5, 0.6) is 5.75 Å². The highest BCUT2D eigenvalue weighted by Gasteiger charge is 2.36. The number of aliphatic carboxylic acids is 1. The Kier molecular flexibility index (Phi) is 10.0. The van der Waals surface area contributed by atoms with Gasteiger partial charge in [0.2, 0.25) is 0 Å². The van der Waals surface area contributed by atoms with Crippen LogP contribution in [0.25, 0.3) is 0 Å². The fourth-order valence-electron chi connectivity index (χ4n) is 3.67. The fourth-order valence-corrected chi connectivity index (χ4v) is 3.67. The second-order valence-electron chi connectivity index (χ2n) is 8.22. The van der Waals surface area contributed by atoms with Crippen LogP contribution in [0.4, 0.5) is 4.79 Å². The Morgan fingerprint density at radius 3 is 2.03 bits per heavy atom. The van der Waals surface area contributed by atoms with Crippen molar-refractivity contribution in [2.45, 2.75) is 38.5 Å². The Balaban J connectivity index is 1.92. The molecule has 0 aliphatic carbocycles. The number of aromatic hydroxyl groups is 1. The first-order chi connectivity index (χ1) is 17.9. The lowest BCUT2D eigenvalue weighted by atomic mass is 10.0. The molecule has 1 amide bonds. The summed E-state index contributed by atoms with van der Waals surface area (Å²) in [4.78, 5) is 38.5. The van der Waals surface area contributed by atoms with Gasteiger partial charge >= 0.3 is 18.0 Å². The summed E-state index contributed by atoms with van der Waals surface area (Å²) in [5, 5.41) is 21.0. The molecule has 0 bridgehead atoms. The number of para-hydroxylation sites is 1. The number of hydrazine groups is 1. The number of hydrogen-bond acceptors (Lipinski definition) is 7. The zero-order valence-electron chi connectivity index (χ0n) is 20.4. The number of nitrogens with zero attached hydrogens (tertiary/aromatic N) is 1. The van der Waals surface area contributed by atoms with E-state index in [9.17, 15) is 24.6 Å². The SMILES string of the molecule is CCOC(=O)[C@H](Cc1ccccc1)N(N[C@@H](Cc1ccccc1O)C(=O)O)C(=O)OCc1ccccc1. The molecular weight excluding hydrogens is 476 g/mol. The topological polar surface area (TPSA) is 125 Å². The van der Waals surface area contributed by atoms with E-state index in [0.717, 1.165) is 16.1 Å². The number of carboxylic acids is 1. The molecule has 3 N–H and O–H groups in total. The van der Waals surface area contributed by atoms with Gasteiger partial charge in [-0.1, -0.05) is 78.9 Å². The molecule has 0 aliphatic heterocycles. The number of phenols is 1.